The van der Waals surface area contributed by atoms with Crippen molar-refractivity contribution in [3.05, 3.63) is 0 Å². The smallest absolute Gasteiger partial charge is 0.149 e. The Hall–Kier alpha value is -0.410. The summed E-state index contributed by atoms with van der Waals surface area (Å²) in [5.41, 5.74) is 5.07. The highest BCUT2D eigenvalue weighted by Crippen LogP contribution is 2.37. The molecule has 0 aromatic carbocycles. The maximum absolute atomic E-state index is 11.0. The molecule has 2 N–H and O–H groups in total. The van der Waals surface area contributed by atoms with E-state index >= 15 is 0 Å². The number of ketones is 1. The van der Waals surface area contributed by atoms with Gasteiger partial charge in [0.15, 0.2) is 0 Å². The van der Waals surface area contributed by atoms with E-state index in [1.165, 1.54) is 6.42 Å². The van der Waals surface area contributed by atoms with E-state index < -0.39 is 0 Å². The average molecular weight is 157 g/mol. The van der Waals surface area contributed by atoms with E-state index in [0.29, 0.717) is 6.42 Å². The molecule has 64 valence electrons. The summed E-state index contributed by atoms with van der Waals surface area (Å²) in [6.07, 6.45) is 3.69. The highest BCUT2D eigenvalue weighted by molar-refractivity contribution is 5.81. The number of ether oxygens (including phenoxy) is 1. The highest BCUT2D eigenvalue weighted by Gasteiger charge is 2.38. The van der Waals surface area contributed by atoms with Crippen molar-refractivity contribution in [2.24, 2.45) is 5.73 Å². The van der Waals surface area contributed by atoms with Crippen LogP contribution in [0.4, 0.5) is 0 Å². The number of hydrogen-bond donors (Lipinski definition) is 1. The Balaban J connectivity index is 2.38. The maximum Gasteiger partial charge on any atom is 0.149 e. The molecule has 0 aromatic rings. The second kappa shape index (κ2) is 3.32. The van der Waals surface area contributed by atoms with Crippen LogP contribution in [0.5, 0.6) is 0 Å². The molecule has 3 nitrogen and oxygen atoms in total. The summed E-state index contributed by atoms with van der Waals surface area (Å²) in [5, 5.41) is 0. The first-order chi connectivity index (χ1) is 5.22. The quantitative estimate of drug-likeness (QED) is 0.645. The Kier molecular flexibility index (Phi) is 2.62. The van der Waals surface area contributed by atoms with Crippen molar-refractivity contribution in [2.75, 3.05) is 13.7 Å². The van der Waals surface area contributed by atoms with Crippen molar-refractivity contribution >= 4 is 5.78 Å². The van der Waals surface area contributed by atoms with E-state index in [0.717, 1.165) is 12.8 Å². The molecule has 1 saturated carbocycles. The Morgan fingerprint density at radius 3 is 2.55 bits per heavy atom. The predicted molar refractivity (Wildman–Crippen MR) is 42.3 cm³/mol. The first-order valence-corrected chi connectivity index (χ1v) is 3.99. The fourth-order valence-corrected chi connectivity index (χ4v) is 1.46. The number of Topliss-reactive ketones (excluding diaryl/α,β-unsaturated/α-hetero) is 1. The fraction of sp³-hybridized carbons (Fsp3) is 0.875. The number of rotatable bonds is 4. The normalized spacial score (nSPS) is 20.9. The summed E-state index contributed by atoms with van der Waals surface area (Å²) in [5.74, 6) is 0.103. The topological polar surface area (TPSA) is 52.3 Å². The van der Waals surface area contributed by atoms with Gasteiger partial charge in [-0.2, -0.15) is 0 Å². The fourth-order valence-electron chi connectivity index (χ4n) is 1.46. The number of methoxy groups -OCH3 is 1. The molecule has 1 aliphatic carbocycles. The Bertz CT molecular complexity index is 147. The van der Waals surface area contributed by atoms with Crippen molar-refractivity contribution in [2.45, 2.75) is 31.3 Å². The molecule has 1 rings (SSSR count). The Morgan fingerprint density at radius 2 is 2.27 bits per heavy atom. The zero-order valence-electron chi connectivity index (χ0n) is 6.93. The zero-order chi connectivity index (χ0) is 8.32. The molecule has 0 saturated heterocycles. The predicted octanol–water partition coefficient (Wildman–Crippen LogP) is 0.473. The molecule has 1 aliphatic rings. The van der Waals surface area contributed by atoms with Crippen LogP contribution in [0, 0.1) is 0 Å². The molecular weight excluding hydrogens is 142 g/mol. The van der Waals surface area contributed by atoms with Crippen LogP contribution in [-0.4, -0.2) is 25.0 Å². The van der Waals surface area contributed by atoms with E-state index in [2.05, 4.69) is 0 Å². The average Bonchev–Trinajstić information content (AvgIpc) is 1.96. The molecule has 1 fully saturated rings. The number of carbonyl (C=O) groups is 1. The standard InChI is InChI=1S/C8H15NO2/c1-11-8(3-2-4-8)5-7(10)6-9/h2-6,9H2,1H3. The van der Waals surface area contributed by atoms with Gasteiger partial charge in [0.1, 0.15) is 5.78 Å². The van der Waals surface area contributed by atoms with Crippen molar-refractivity contribution in [3.8, 4) is 0 Å². The Labute approximate surface area is 66.9 Å². The lowest BCUT2D eigenvalue weighted by Crippen LogP contribution is -2.42. The van der Waals surface area contributed by atoms with E-state index in [1.54, 1.807) is 7.11 Å². The van der Waals surface area contributed by atoms with Crippen LogP contribution in [0.1, 0.15) is 25.7 Å². The third kappa shape index (κ3) is 1.79. The lowest BCUT2D eigenvalue weighted by molar-refractivity contribution is -0.130. The second-order valence-corrected chi connectivity index (χ2v) is 3.16. The van der Waals surface area contributed by atoms with Crippen LogP contribution < -0.4 is 5.73 Å². The van der Waals surface area contributed by atoms with Gasteiger partial charge in [0.2, 0.25) is 0 Å². The monoisotopic (exact) mass is 157 g/mol. The van der Waals surface area contributed by atoms with Gasteiger partial charge in [-0.15, -0.1) is 0 Å². The van der Waals surface area contributed by atoms with E-state index in [9.17, 15) is 4.79 Å². The van der Waals surface area contributed by atoms with Crippen LogP contribution in [0.15, 0.2) is 0 Å². The van der Waals surface area contributed by atoms with Gasteiger partial charge in [0.25, 0.3) is 0 Å². The van der Waals surface area contributed by atoms with Gasteiger partial charge >= 0.3 is 0 Å². The lowest BCUT2D eigenvalue weighted by atomic mass is 9.76. The summed E-state index contributed by atoms with van der Waals surface area (Å²) < 4.78 is 5.27. The van der Waals surface area contributed by atoms with Gasteiger partial charge in [0.05, 0.1) is 12.1 Å². The number of hydrogen-bond acceptors (Lipinski definition) is 3. The van der Waals surface area contributed by atoms with E-state index in [1.807, 2.05) is 0 Å². The van der Waals surface area contributed by atoms with Crippen LogP contribution in [0.25, 0.3) is 0 Å². The van der Waals surface area contributed by atoms with Gasteiger partial charge in [-0.05, 0) is 19.3 Å². The molecule has 0 spiro atoms. The molecule has 0 unspecified atom stereocenters. The first kappa shape index (κ1) is 8.68. The van der Waals surface area contributed by atoms with Gasteiger partial charge in [-0.3, -0.25) is 4.79 Å². The summed E-state index contributed by atoms with van der Waals surface area (Å²) >= 11 is 0. The van der Waals surface area contributed by atoms with Crippen LogP contribution >= 0.6 is 0 Å². The molecule has 0 radical (unpaired) electrons. The van der Waals surface area contributed by atoms with Crippen molar-refractivity contribution < 1.29 is 9.53 Å². The van der Waals surface area contributed by atoms with Crippen LogP contribution in [0.3, 0.4) is 0 Å². The minimum atomic E-state index is -0.142. The highest BCUT2D eigenvalue weighted by atomic mass is 16.5. The van der Waals surface area contributed by atoms with Gasteiger partial charge in [-0.25, -0.2) is 0 Å². The molecule has 0 atom stereocenters. The molecule has 0 heterocycles. The van der Waals surface area contributed by atoms with Gasteiger partial charge in [-0.1, -0.05) is 0 Å². The largest absolute Gasteiger partial charge is 0.378 e. The lowest BCUT2D eigenvalue weighted by Gasteiger charge is -2.39. The summed E-state index contributed by atoms with van der Waals surface area (Å²) in [6.45, 7) is 0.144. The molecule has 0 bridgehead atoms. The first-order valence-electron chi connectivity index (χ1n) is 3.99. The third-order valence-corrected chi connectivity index (χ3v) is 2.44. The summed E-state index contributed by atoms with van der Waals surface area (Å²) in [4.78, 5) is 11.0. The van der Waals surface area contributed by atoms with Crippen LogP contribution in [0.2, 0.25) is 0 Å². The molecule has 0 amide bonds. The van der Waals surface area contributed by atoms with Crippen molar-refractivity contribution in [1.82, 2.24) is 0 Å². The minimum Gasteiger partial charge on any atom is -0.378 e. The molecule has 0 aromatic heterocycles. The number of carbonyl (C=O) groups excluding carboxylic acids is 1. The van der Waals surface area contributed by atoms with E-state index in [4.69, 9.17) is 10.5 Å². The Morgan fingerprint density at radius 1 is 1.64 bits per heavy atom. The minimum absolute atomic E-state index is 0.103. The van der Waals surface area contributed by atoms with Gasteiger partial charge in [0, 0.05) is 13.5 Å². The van der Waals surface area contributed by atoms with Gasteiger partial charge < -0.3 is 10.5 Å². The maximum atomic E-state index is 11.0. The van der Waals surface area contributed by atoms with E-state index in [-0.39, 0.29) is 17.9 Å². The molecule has 0 aliphatic heterocycles. The molecular formula is C8H15NO2. The van der Waals surface area contributed by atoms with Crippen molar-refractivity contribution in [1.29, 1.82) is 0 Å². The number of nitrogens with two attached hydrogens (primary N) is 1. The molecule has 11 heavy (non-hydrogen) atoms. The molecule has 3 heteroatoms. The van der Waals surface area contributed by atoms with Crippen LogP contribution in [-0.2, 0) is 9.53 Å². The second-order valence-electron chi connectivity index (χ2n) is 3.16. The summed E-state index contributed by atoms with van der Waals surface area (Å²) in [7, 11) is 1.67. The SMILES string of the molecule is COC1(CC(=O)CN)CCC1. The van der Waals surface area contributed by atoms with Crippen molar-refractivity contribution in [3.63, 3.8) is 0 Å². The summed E-state index contributed by atoms with van der Waals surface area (Å²) in [6, 6.07) is 0. The zero-order valence-corrected chi connectivity index (χ0v) is 6.93. The third-order valence-electron chi connectivity index (χ3n) is 2.44.